The number of hydrogen-bond donors (Lipinski definition) is 1. The van der Waals surface area contributed by atoms with Crippen LogP contribution in [0.1, 0.15) is 329 Å². The van der Waals surface area contributed by atoms with Crippen LogP contribution in [0.15, 0.2) is 85.1 Å². The number of allylic oxidation sites excluding steroid dienone is 13. The van der Waals surface area contributed by atoms with E-state index in [1.54, 1.807) is 0 Å². The van der Waals surface area contributed by atoms with Crippen molar-refractivity contribution < 1.29 is 37.3 Å². The van der Waals surface area contributed by atoms with Crippen molar-refractivity contribution in [2.24, 2.45) is 0 Å². The molecule has 0 rings (SSSR count). The molecule has 0 saturated carbocycles. The van der Waals surface area contributed by atoms with Gasteiger partial charge in [-0.1, -0.05) is 292 Å². The van der Waals surface area contributed by atoms with E-state index < -0.39 is 26.6 Å². The molecule has 3 unspecified atom stereocenters. The molecule has 85 heavy (non-hydrogen) atoms. The zero-order chi connectivity index (χ0) is 62.1. The first-order valence-electron chi connectivity index (χ1n) is 35.9. The van der Waals surface area contributed by atoms with E-state index in [-0.39, 0.29) is 24.9 Å². The number of phosphoric ester groups is 1. The van der Waals surface area contributed by atoms with Gasteiger partial charge in [0.15, 0.2) is 0 Å². The Bertz CT molecular complexity index is 1730. The highest BCUT2D eigenvalue weighted by Crippen LogP contribution is 2.38. The highest BCUT2D eigenvalue weighted by Gasteiger charge is 2.27. The number of likely N-dealkylation sites (N-methyl/N-ethyl adjacent to an activating group) is 1. The third-order valence-corrected chi connectivity index (χ3v) is 16.8. The number of carbonyl (C=O) groups excluding carboxylic acids is 2. The second kappa shape index (κ2) is 64.2. The molecule has 0 heterocycles. The molecule has 0 saturated heterocycles. The average molecular weight is 1210 g/mol. The van der Waals surface area contributed by atoms with Crippen molar-refractivity contribution in [2.75, 3.05) is 40.9 Å². The van der Waals surface area contributed by atoms with Crippen molar-refractivity contribution in [2.45, 2.75) is 341 Å². The van der Waals surface area contributed by atoms with Gasteiger partial charge in [0.05, 0.1) is 33.8 Å². The molecule has 0 radical (unpaired) electrons. The summed E-state index contributed by atoms with van der Waals surface area (Å²) in [5.41, 5.74) is 0. The topological polar surface area (TPSA) is 114 Å². The van der Waals surface area contributed by atoms with Gasteiger partial charge in [-0.25, -0.2) is 0 Å². The number of hydrogen-bond acceptors (Lipinski definition) is 7. The molecule has 0 aromatic heterocycles. The van der Waals surface area contributed by atoms with Gasteiger partial charge in [0.2, 0.25) is 5.91 Å². The van der Waals surface area contributed by atoms with Gasteiger partial charge < -0.3 is 28.5 Å². The summed E-state index contributed by atoms with van der Waals surface area (Å²) in [4.78, 5) is 40.2. The molecular weight excluding hydrogens is 1070 g/mol. The minimum absolute atomic E-state index is 0.0261. The molecule has 1 amide bonds. The van der Waals surface area contributed by atoms with Crippen molar-refractivity contribution >= 4 is 19.7 Å². The van der Waals surface area contributed by atoms with Gasteiger partial charge in [0, 0.05) is 12.8 Å². The first-order chi connectivity index (χ1) is 41.4. The smallest absolute Gasteiger partial charge is 0.306 e. The molecule has 0 aromatic carbocycles. The van der Waals surface area contributed by atoms with E-state index >= 15 is 0 Å². The molecule has 494 valence electrons. The highest BCUT2D eigenvalue weighted by atomic mass is 31.2. The number of quaternary nitrogens is 1. The minimum Gasteiger partial charge on any atom is -0.756 e. The second-order valence-electron chi connectivity index (χ2n) is 25.4. The summed E-state index contributed by atoms with van der Waals surface area (Å²) in [7, 11) is 1.18. The van der Waals surface area contributed by atoms with Crippen LogP contribution < -0.4 is 10.2 Å². The van der Waals surface area contributed by atoms with Crippen LogP contribution in [0.3, 0.4) is 0 Å². The molecule has 0 fully saturated rings. The fraction of sp³-hybridized carbons (Fsp3) is 0.787. The van der Waals surface area contributed by atoms with E-state index in [0.29, 0.717) is 17.4 Å². The number of ether oxygens (including phenoxy) is 1. The van der Waals surface area contributed by atoms with Gasteiger partial charge in [0.25, 0.3) is 7.82 Å². The Hall–Kier alpha value is -2.81. The lowest BCUT2D eigenvalue weighted by molar-refractivity contribution is -0.870. The Labute approximate surface area is 526 Å². The van der Waals surface area contributed by atoms with Gasteiger partial charge in [-0.3, -0.25) is 14.2 Å². The molecule has 0 aliphatic heterocycles. The SMILES string of the molecule is CCCCC/C=C\C/C=C\C/C=C\CCCCCCCCCCCCC(=O)NC(COP(=O)([O-])OCC[N+](C)(C)C)C(/C=C/CCCCCCCCCCCCC)OC(=O)CCCCCCCCCCCC/C=C\C/C=C\C/C=C\CCCCC. The van der Waals surface area contributed by atoms with Crippen LogP contribution in [0.5, 0.6) is 0 Å². The normalized spacial score (nSPS) is 14.0. The molecule has 0 spiro atoms. The van der Waals surface area contributed by atoms with Gasteiger partial charge in [-0.15, -0.1) is 0 Å². The molecule has 10 heteroatoms. The lowest BCUT2D eigenvalue weighted by atomic mass is 10.0. The number of carbonyl (C=O) groups is 2. The van der Waals surface area contributed by atoms with Crippen molar-refractivity contribution in [3.8, 4) is 0 Å². The maximum atomic E-state index is 13.6. The average Bonchev–Trinajstić information content (AvgIpc) is 3.52. The summed E-state index contributed by atoms with van der Waals surface area (Å²) < 4.78 is 30.5. The number of rotatable bonds is 65. The monoisotopic (exact) mass is 1210 g/mol. The van der Waals surface area contributed by atoms with Crippen molar-refractivity contribution in [3.63, 3.8) is 0 Å². The zero-order valence-electron chi connectivity index (χ0n) is 56.6. The first kappa shape index (κ1) is 82.2. The molecule has 0 aliphatic rings. The molecule has 3 atom stereocenters. The van der Waals surface area contributed by atoms with Crippen LogP contribution in [0.25, 0.3) is 0 Å². The standard InChI is InChI=1S/C75H137N2O7P/c1-7-10-13-16-19-22-25-28-30-32-34-36-38-40-42-44-46-49-52-55-58-61-64-67-74(78)76-72(71-83-85(80,81)82-70-69-77(4,5)6)73(66-63-60-57-54-51-48-27-24-21-18-15-12-9-3)84-75(79)68-65-62-59-56-53-50-47-45-43-41-39-37-35-33-31-29-26-23-20-17-14-11-8-2/h19-20,22-23,28-31,34-37,63,66,72-73H,7-18,21,24-27,32-33,38-62,64-65,67-71H2,1-6H3,(H-,76,78,80,81)/b22-19-,23-20-,30-28-,31-29-,36-34-,37-35-,66-63+. The zero-order valence-corrected chi connectivity index (χ0v) is 57.4. The van der Waals surface area contributed by atoms with Crippen LogP contribution in [-0.4, -0.2) is 69.4 Å². The molecule has 9 nitrogen and oxygen atoms in total. The molecule has 0 aromatic rings. The van der Waals surface area contributed by atoms with Gasteiger partial charge in [0.1, 0.15) is 19.3 Å². The Balaban J connectivity index is 5.13. The van der Waals surface area contributed by atoms with E-state index in [4.69, 9.17) is 13.8 Å². The number of esters is 1. The number of phosphoric acid groups is 1. The summed E-state index contributed by atoms with van der Waals surface area (Å²) >= 11 is 0. The number of nitrogens with zero attached hydrogens (tertiary/aromatic N) is 1. The predicted molar refractivity (Wildman–Crippen MR) is 367 cm³/mol. The molecule has 0 bridgehead atoms. The Morgan fingerprint density at radius 1 is 0.412 bits per heavy atom. The van der Waals surface area contributed by atoms with Gasteiger partial charge >= 0.3 is 5.97 Å². The second-order valence-corrected chi connectivity index (χ2v) is 26.8. The maximum Gasteiger partial charge on any atom is 0.306 e. The fourth-order valence-corrected chi connectivity index (χ4v) is 11.0. The van der Waals surface area contributed by atoms with Crippen molar-refractivity contribution in [3.05, 3.63) is 85.1 Å². The summed E-state index contributed by atoms with van der Waals surface area (Å²) in [5, 5.41) is 3.04. The first-order valence-corrected chi connectivity index (χ1v) is 37.4. The van der Waals surface area contributed by atoms with Gasteiger partial charge in [-0.05, 0) is 109 Å². The summed E-state index contributed by atoms with van der Waals surface area (Å²) in [6.45, 7) is 6.82. The highest BCUT2D eigenvalue weighted by molar-refractivity contribution is 7.45. The van der Waals surface area contributed by atoms with E-state index in [1.165, 1.54) is 193 Å². The summed E-state index contributed by atoms with van der Waals surface area (Å²) in [5.74, 6) is -0.543. The predicted octanol–water partition coefficient (Wildman–Crippen LogP) is 22.3. The third-order valence-electron chi connectivity index (χ3n) is 15.8. The largest absolute Gasteiger partial charge is 0.756 e. The fourth-order valence-electron chi connectivity index (χ4n) is 10.2. The number of amides is 1. The maximum absolute atomic E-state index is 13.6. The lowest BCUT2D eigenvalue weighted by Crippen LogP contribution is -2.47. The Morgan fingerprint density at radius 3 is 1.09 bits per heavy atom. The van der Waals surface area contributed by atoms with E-state index in [9.17, 15) is 19.0 Å². The van der Waals surface area contributed by atoms with E-state index in [1.807, 2.05) is 33.3 Å². The molecular formula is C75H137N2O7P. The van der Waals surface area contributed by atoms with Crippen LogP contribution in [-0.2, 0) is 27.9 Å². The van der Waals surface area contributed by atoms with Crippen molar-refractivity contribution in [1.82, 2.24) is 5.32 Å². The Kier molecular flexibility index (Phi) is 62.1. The van der Waals surface area contributed by atoms with E-state index in [0.717, 1.165) is 103 Å². The summed E-state index contributed by atoms with van der Waals surface area (Å²) in [6, 6.07) is -0.897. The van der Waals surface area contributed by atoms with Crippen LogP contribution in [0.4, 0.5) is 0 Å². The minimum atomic E-state index is -4.71. The van der Waals surface area contributed by atoms with E-state index in [2.05, 4.69) is 99.0 Å². The van der Waals surface area contributed by atoms with Crippen LogP contribution in [0, 0.1) is 0 Å². The van der Waals surface area contributed by atoms with Crippen LogP contribution >= 0.6 is 7.82 Å². The molecule has 0 aliphatic carbocycles. The lowest BCUT2D eigenvalue weighted by Gasteiger charge is -2.30. The quantitative estimate of drug-likeness (QED) is 0.0212. The summed E-state index contributed by atoms with van der Waals surface area (Å²) in [6.07, 6.45) is 85.5. The van der Waals surface area contributed by atoms with Crippen molar-refractivity contribution in [1.29, 1.82) is 0 Å². The van der Waals surface area contributed by atoms with Crippen LogP contribution in [0.2, 0.25) is 0 Å². The molecule has 1 N–H and O–H groups in total. The third kappa shape index (κ3) is 65.5. The Morgan fingerprint density at radius 2 is 0.718 bits per heavy atom. The number of nitrogens with one attached hydrogen (secondary N) is 1. The van der Waals surface area contributed by atoms with Gasteiger partial charge in [-0.2, -0.15) is 0 Å². The number of unbranched alkanes of at least 4 members (excludes halogenated alkanes) is 37.